The highest BCUT2D eigenvalue weighted by Crippen LogP contribution is 2.24. The minimum Gasteiger partial charge on any atom is -0.327 e. The molecule has 0 bridgehead atoms. The maximum atomic E-state index is 4.75. The molecule has 3 rings (SSSR count). The van der Waals surface area contributed by atoms with Crippen molar-refractivity contribution in [2.24, 2.45) is 0 Å². The van der Waals surface area contributed by atoms with Crippen LogP contribution in [0.5, 0.6) is 0 Å². The molecule has 21 heavy (non-hydrogen) atoms. The second-order valence-corrected chi connectivity index (χ2v) is 5.64. The van der Waals surface area contributed by atoms with Crippen LogP contribution in [-0.4, -0.2) is 15.3 Å². The molecule has 0 aliphatic carbocycles. The van der Waals surface area contributed by atoms with Gasteiger partial charge in [0.2, 0.25) is 0 Å². The summed E-state index contributed by atoms with van der Waals surface area (Å²) in [6.07, 6.45) is 0.947. The van der Waals surface area contributed by atoms with Gasteiger partial charge in [0.1, 0.15) is 5.82 Å². The number of nitrogens with zero attached hydrogens (tertiary/aromatic N) is 2. The summed E-state index contributed by atoms with van der Waals surface area (Å²) in [5.41, 5.74) is 3.64. The monoisotopic (exact) mass is 296 g/mol. The summed E-state index contributed by atoms with van der Waals surface area (Å²) < 4.78 is 2.35. The fraction of sp³-hybridized carbons (Fsp3) is 0.278. The van der Waals surface area contributed by atoms with E-state index < -0.39 is 0 Å². The number of aryl methyl sites for hydroxylation is 1. The zero-order valence-electron chi connectivity index (χ0n) is 12.2. The van der Waals surface area contributed by atoms with Gasteiger partial charge in [-0.25, -0.2) is 4.98 Å². The molecular formula is C18H20N2S. The van der Waals surface area contributed by atoms with Gasteiger partial charge in [-0.2, -0.15) is 12.6 Å². The molecule has 0 spiro atoms. The van der Waals surface area contributed by atoms with Crippen LogP contribution in [0.3, 0.4) is 0 Å². The minimum absolute atomic E-state index is 0.400. The highest BCUT2D eigenvalue weighted by Gasteiger charge is 2.15. The summed E-state index contributed by atoms with van der Waals surface area (Å²) in [7, 11) is 0. The average molecular weight is 296 g/mol. The molecule has 0 aliphatic rings. The van der Waals surface area contributed by atoms with Crippen molar-refractivity contribution in [2.45, 2.75) is 25.8 Å². The van der Waals surface area contributed by atoms with Crippen molar-refractivity contribution < 1.29 is 0 Å². The number of hydrogen-bond acceptors (Lipinski definition) is 2. The first-order valence-corrected chi connectivity index (χ1v) is 8.06. The normalized spacial score (nSPS) is 12.7. The van der Waals surface area contributed by atoms with Gasteiger partial charge in [0.15, 0.2) is 0 Å². The summed E-state index contributed by atoms with van der Waals surface area (Å²) in [6, 6.07) is 19.0. The second kappa shape index (κ2) is 6.35. The number of benzene rings is 2. The first-order chi connectivity index (χ1) is 10.3. The van der Waals surface area contributed by atoms with E-state index in [-0.39, 0.29) is 0 Å². The second-order valence-electron chi connectivity index (χ2n) is 5.27. The lowest BCUT2D eigenvalue weighted by atomic mass is 10.0. The Morgan fingerprint density at radius 2 is 1.76 bits per heavy atom. The average Bonchev–Trinajstić information content (AvgIpc) is 2.91. The lowest BCUT2D eigenvalue weighted by Gasteiger charge is -2.18. The third kappa shape index (κ3) is 2.84. The molecular weight excluding hydrogens is 276 g/mol. The number of imidazole rings is 1. The van der Waals surface area contributed by atoms with Crippen LogP contribution in [0.2, 0.25) is 0 Å². The molecule has 0 radical (unpaired) electrons. The molecule has 0 N–H and O–H groups in total. The highest BCUT2D eigenvalue weighted by molar-refractivity contribution is 7.80. The number of thiol groups is 1. The van der Waals surface area contributed by atoms with E-state index in [4.69, 9.17) is 4.98 Å². The molecule has 0 amide bonds. The Morgan fingerprint density at radius 1 is 1.05 bits per heavy atom. The third-order valence-corrected chi connectivity index (χ3v) is 4.38. The van der Waals surface area contributed by atoms with Gasteiger partial charge < -0.3 is 4.57 Å². The van der Waals surface area contributed by atoms with Crippen molar-refractivity contribution in [3.8, 4) is 0 Å². The highest BCUT2D eigenvalue weighted by atomic mass is 32.1. The standard InChI is InChI=1S/C18H20N2S/c1-2-18-19-16-10-6-7-11-17(16)20(18)12-15(13-21)14-8-4-3-5-9-14/h3-11,15,21H,2,12-13H2,1H3. The number of aromatic nitrogens is 2. The maximum Gasteiger partial charge on any atom is 0.109 e. The molecule has 0 saturated carbocycles. The van der Waals surface area contributed by atoms with E-state index >= 15 is 0 Å². The largest absolute Gasteiger partial charge is 0.327 e. The molecule has 1 aromatic heterocycles. The zero-order valence-corrected chi connectivity index (χ0v) is 13.1. The number of rotatable bonds is 5. The van der Waals surface area contributed by atoms with Gasteiger partial charge >= 0.3 is 0 Å². The molecule has 0 saturated heterocycles. The Morgan fingerprint density at radius 3 is 2.48 bits per heavy atom. The quantitative estimate of drug-likeness (QED) is 0.695. The van der Waals surface area contributed by atoms with Crippen molar-refractivity contribution in [1.82, 2.24) is 9.55 Å². The first-order valence-electron chi connectivity index (χ1n) is 7.43. The maximum absolute atomic E-state index is 4.75. The summed E-state index contributed by atoms with van der Waals surface area (Å²) in [5.74, 6) is 2.39. The number of fused-ring (bicyclic) bond motifs is 1. The summed E-state index contributed by atoms with van der Waals surface area (Å²) in [6.45, 7) is 3.09. The van der Waals surface area contributed by atoms with Gasteiger partial charge in [-0.15, -0.1) is 0 Å². The van der Waals surface area contributed by atoms with E-state index in [0.717, 1.165) is 30.1 Å². The van der Waals surface area contributed by atoms with Gasteiger partial charge in [-0.1, -0.05) is 49.4 Å². The van der Waals surface area contributed by atoms with Gasteiger partial charge in [0.05, 0.1) is 11.0 Å². The van der Waals surface area contributed by atoms with Crippen molar-refractivity contribution >= 4 is 23.7 Å². The van der Waals surface area contributed by atoms with Crippen molar-refractivity contribution in [2.75, 3.05) is 5.75 Å². The van der Waals surface area contributed by atoms with E-state index in [0.29, 0.717) is 5.92 Å². The molecule has 1 unspecified atom stereocenters. The SMILES string of the molecule is CCc1nc2ccccc2n1CC(CS)c1ccccc1. The van der Waals surface area contributed by atoms with E-state index in [1.54, 1.807) is 0 Å². The summed E-state index contributed by atoms with van der Waals surface area (Å²) in [4.78, 5) is 4.75. The zero-order chi connectivity index (χ0) is 14.7. The molecule has 0 aliphatic heterocycles. The van der Waals surface area contributed by atoms with Crippen LogP contribution in [0.1, 0.15) is 24.2 Å². The number of hydrogen-bond donors (Lipinski definition) is 1. The van der Waals surface area contributed by atoms with Crippen molar-refractivity contribution in [3.05, 3.63) is 66.0 Å². The van der Waals surface area contributed by atoms with Crippen molar-refractivity contribution in [3.63, 3.8) is 0 Å². The van der Waals surface area contributed by atoms with Gasteiger partial charge in [-0.3, -0.25) is 0 Å². The van der Waals surface area contributed by atoms with Gasteiger partial charge in [0, 0.05) is 18.9 Å². The van der Waals surface area contributed by atoms with Crippen LogP contribution in [0.4, 0.5) is 0 Å². The Hall–Kier alpha value is -1.74. The number of para-hydroxylation sites is 2. The molecule has 1 heterocycles. The van der Waals surface area contributed by atoms with Crippen LogP contribution < -0.4 is 0 Å². The van der Waals surface area contributed by atoms with Gasteiger partial charge in [-0.05, 0) is 23.4 Å². The summed E-state index contributed by atoms with van der Waals surface area (Å²) in [5, 5.41) is 0. The van der Waals surface area contributed by atoms with Gasteiger partial charge in [0.25, 0.3) is 0 Å². The molecule has 1 atom stereocenters. The van der Waals surface area contributed by atoms with E-state index in [2.05, 4.69) is 72.7 Å². The lowest BCUT2D eigenvalue weighted by Crippen LogP contribution is -2.13. The van der Waals surface area contributed by atoms with E-state index in [9.17, 15) is 0 Å². The lowest BCUT2D eigenvalue weighted by molar-refractivity contribution is 0.595. The van der Waals surface area contributed by atoms with Crippen molar-refractivity contribution in [1.29, 1.82) is 0 Å². The Bertz CT molecular complexity index is 718. The third-order valence-electron chi connectivity index (χ3n) is 3.94. The van der Waals surface area contributed by atoms with E-state index in [1.165, 1.54) is 11.1 Å². The topological polar surface area (TPSA) is 17.8 Å². The predicted molar refractivity (Wildman–Crippen MR) is 92.1 cm³/mol. The smallest absolute Gasteiger partial charge is 0.109 e. The van der Waals surface area contributed by atoms with Crippen LogP contribution >= 0.6 is 12.6 Å². The predicted octanol–water partition coefficient (Wildman–Crippen LogP) is 4.31. The summed E-state index contributed by atoms with van der Waals surface area (Å²) >= 11 is 4.56. The molecule has 0 fully saturated rings. The van der Waals surface area contributed by atoms with Crippen LogP contribution in [0, 0.1) is 0 Å². The Labute approximate surface area is 131 Å². The van der Waals surface area contributed by atoms with Crippen LogP contribution in [-0.2, 0) is 13.0 Å². The molecule has 3 aromatic rings. The first kappa shape index (κ1) is 14.2. The molecule has 108 valence electrons. The fourth-order valence-corrected chi connectivity index (χ4v) is 3.14. The van der Waals surface area contributed by atoms with Crippen LogP contribution in [0.15, 0.2) is 54.6 Å². The van der Waals surface area contributed by atoms with Crippen LogP contribution in [0.25, 0.3) is 11.0 Å². The molecule has 3 heteroatoms. The minimum atomic E-state index is 0.400. The fourth-order valence-electron chi connectivity index (χ4n) is 2.81. The molecule has 2 nitrogen and oxygen atoms in total. The van der Waals surface area contributed by atoms with E-state index in [1.807, 2.05) is 6.07 Å². The Kier molecular flexibility index (Phi) is 4.30. The molecule has 2 aromatic carbocycles. The Balaban J connectivity index is 2.00.